The molecule has 1 N–H and O–H groups in total. The summed E-state index contributed by atoms with van der Waals surface area (Å²) in [5.41, 5.74) is 0.683. The minimum Gasteiger partial charge on any atom is -0.466 e. The van der Waals surface area contributed by atoms with Crippen LogP contribution in [-0.2, 0) is 6.42 Å². The maximum atomic E-state index is 11.7. The molecule has 1 aromatic heterocycles. The van der Waals surface area contributed by atoms with Gasteiger partial charge in [0.1, 0.15) is 11.5 Å². The molecule has 0 aliphatic heterocycles. The highest BCUT2D eigenvalue weighted by Gasteiger charge is 2.04. The Kier molecular flexibility index (Phi) is 3.60. The van der Waals surface area contributed by atoms with Gasteiger partial charge in [0.05, 0.1) is 0 Å². The average Bonchev–Trinajstić information content (AvgIpc) is 2.76. The molecule has 1 amide bonds. The fourth-order valence-corrected chi connectivity index (χ4v) is 1.61. The fourth-order valence-electron chi connectivity index (χ4n) is 1.61. The minimum absolute atomic E-state index is 0.0473. The molecule has 3 nitrogen and oxygen atoms in total. The second-order valence-corrected chi connectivity index (χ2v) is 3.88. The molecule has 0 saturated carbocycles. The largest absolute Gasteiger partial charge is 0.466 e. The van der Waals surface area contributed by atoms with Crippen molar-refractivity contribution in [1.29, 1.82) is 0 Å². The van der Waals surface area contributed by atoms with E-state index in [9.17, 15) is 4.79 Å². The number of carbonyl (C=O) groups excluding carboxylic acids is 1. The molecule has 0 aliphatic rings. The van der Waals surface area contributed by atoms with E-state index in [1.165, 1.54) is 0 Å². The number of amides is 1. The van der Waals surface area contributed by atoms with Gasteiger partial charge in [-0.05, 0) is 31.2 Å². The molecule has 2 rings (SSSR count). The summed E-state index contributed by atoms with van der Waals surface area (Å²) in [4.78, 5) is 11.7. The van der Waals surface area contributed by atoms with Crippen LogP contribution in [0, 0.1) is 6.92 Å². The molecule has 0 atom stereocenters. The SMILES string of the molecule is Cc1ccc(CCNC(=O)c2ccccc2)o1. The first-order chi connectivity index (χ1) is 8.25. The summed E-state index contributed by atoms with van der Waals surface area (Å²) >= 11 is 0. The number of hydrogen-bond donors (Lipinski definition) is 1. The molecule has 0 aliphatic carbocycles. The van der Waals surface area contributed by atoms with Crippen LogP contribution in [0.2, 0.25) is 0 Å². The van der Waals surface area contributed by atoms with E-state index in [0.717, 1.165) is 11.5 Å². The monoisotopic (exact) mass is 229 g/mol. The van der Waals surface area contributed by atoms with Gasteiger partial charge in [-0.2, -0.15) is 0 Å². The molecule has 1 aromatic carbocycles. The highest BCUT2D eigenvalue weighted by molar-refractivity contribution is 5.94. The van der Waals surface area contributed by atoms with E-state index in [1.807, 2.05) is 37.3 Å². The van der Waals surface area contributed by atoms with Crippen LogP contribution in [0.1, 0.15) is 21.9 Å². The van der Waals surface area contributed by atoms with Crippen molar-refractivity contribution in [3.8, 4) is 0 Å². The first-order valence-electron chi connectivity index (χ1n) is 5.64. The number of aryl methyl sites for hydroxylation is 1. The normalized spacial score (nSPS) is 10.2. The molecule has 0 spiro atoms. The topological polar surface area (TPSA) is 42.2 Å². The molecule has 17 heavy (non-hydrogen) atoms. The van der Waals surface area contributed by atoms with Crippen molar-refractivity contribution in [3.63, 3.8) is 0 Å². The highest BCUT2D eigenvalue weighted by Crippen LogP contribution is 2.06. The first-order valence-corrected chi connectivity index (χ1v) is 5.64. The predicted octanol–water partition coefficient (Wildman–Crippen LogP) is 2.56. The van der Waals surface area contributed by atoms with E-state index in [0.29, 0.717) is 18.5 Å². The Labute approximate surface area is 100 Å². The van der Waals surface area contributed by atoms with Gasteiger partial charge in [0.25, 0.3) is 5.91 Å². The van der Waals surface area contributed by atoms with Crippen molar-refractivity contribution in [3.05, 3.63) is 59.5 Å². The fraction of sp³-hybridized carbons (Fsp3) is 0.214. The van der Waals surface area contributed by atoms with Gasteiger partial charge in [0.15, 0.2) is 0 Å². The van der Waals surface area contributed by atoms with Gasteiger partial charge in [-0.25, -0.2) is 0 Å². The number of carbonyl (C=O) groups is 1. The molecule has 0 radical (unpaired) electrons. The molecule has 3 heteroatoms. The lowest BCUT2D eigenvalue weighted by atomic mass is 10.2. The summed E-state index contributed by atoms with van der Waals surface area (Å²) in [6.45, 7) is 2.49. The summed E-state index contributed by atoms with van der Waals surface area (Å²) < 4.78 is 5.42. The minimum atomic E-state index is -0.0473. The van der Waals surface area contributed by atoms with Crippen LogP contribution in [0.4, 0.5) is 0 Å². The number of benzene rings is 1. The van der Waals surface area contributed by atoms with E-state index in [1.54, 1.807) is 12.1 Å². The van der Waals surface area contributed by atoms with Crippen molar-refractivity contribution in [1.82, 2.24) is 5.32 Å². The quantitative estimate of drug-likeness (QED) is 0.875. The molecule has 2 aromatic rings. The lowest BCUT2D eigenvalue weighted by Crippen LogP contribution is -2.25. The first kappa shape index (κ1) is 11.5. The molecule has 1 heterocycles. The number of hydrogen-bond acceptors (Lipinski definition) is 2. The zero-order valence-electron chi connectivity index (χ0n) is 9.77. The van der Waals surface area contributed by atoms with E-state index in [2.05, 4.69) is 5.32 Å². The van der Waals surface area contributed by atoms with Gasteiger partial charge in [-0.3, -0.25) is 4.79 Å². The highest BCUT2D eigenvalue weighted by atomic mass is 16.3. The number of nitrogens with one attached hydrogen (secondary N) is 1. The van der Waals surface area contributed by atoms with Crippen LogP contribution >= 0.6 is 0 Å². The Morgan fingerprint density at radius 1 is 1.18 bits per heavy atom. The standard InChI is InChI=1S/C14H15NO2/c1-11-7-8-13(17-11)9-10-15-14(16)12-5-3-2-4-6-12/h2-8H,9-10H2,1H3,(H,15,16). The van der Waals surface area contributed by atoms with Gasteiger partial charge in [0, 0.05) is 18.5 Å². The Hall–Kier alpha value is -2.03. The summed E-state index contributed by atoms with van der Waals surface area (Å²) in [5, 5.41) is 2.86. The van der Waals surface area contributed by atoms with E-state index >= 15 is 0 Å². The van der Waals surface area contributed by atoms with Crippen molar-refractivity contribution < 1.29 is 9.21 Å². The third-order valence-corrected chi connectivity index (χ3v) is 2.49. The van der Waals surface area contributed by atoms with Crippen molar-refractivity contribution in [2.45, 2.75) is 13.3 Å². The smallest absolute Gasteiger partial charge is 0.251 e. The van der Waals surface area contributed by atoms with Gasteiger partial charge in [0.2, 0.25) is 0 Å². The van der Waals surface area contributed by atoms with E-state index in [4.69, 9.17) is 4.42 Å². The second-order valence-electron chi connectivity index (χ2n) is 3.88. The van der Waals surface area contributed by atoms with Gasteiger partial charge >= 0.3 is 0 Å². The van der Waals surface area contributed by atoms with Gasteiger partial charge in [-0.1, -0.05) is 18.2 Å². The number of rotatable bonds is 4. The number of furan rings is 1. The zero-order chi connectivity index (χ0) is 12.1. The molecule has 0 bridgehead atoms. The molecular weight excluding hydrogens is 214 g/mol. The maximum absolute atomic E-state index is 11.7. The van der Waals surface area contributed by atoms with Crippen LogP contribution in [0.3, 0.4) is 0 Å². The zero-order valence-corrected chi connectivity index (χ0v) is 9.77. The van der Waals surface area contributed by atoms with Crippen molar-refractivity contribution in [2.24, 2.45) is 0 Å². The molecular formula is C14H15NO2. The van der Waals surface area contributed by atoms with Crippen molar-refractivity contribution in [2.75, 3.05) is 6.54 Å². The molecule has 0 saturated heterocycles. The molecule has 0 unspecified atom stereocenters. The average molecular weight is 229 g/mol. The Morgan fingerprint density at radius 3 is 2.59 bits per heavy atom. The third kappa shape index (κ3) is 3.21. The van der Waals surface area contributed by atoms with Crippen LogP contribution in [0.15, 0.2) is 46.9 Å². The summed E-state index contributed by atoms with van der Waals surface area (Å²) in [6, 6.07) is 13.1. The van der Waals surface area contributed by atoms with Gasteiger partial charge < -0.3 is 9.73 Å². The summed E-state index contributed by atoms with van der Waals surface area (Å²) in [5.74, 6) is 1.75. The van der Waals surface area contributed by atoms with Gasteiger partial charge in [-0.15, -0.1) is 0 Å². The molecule has 0 fully saturated rings. The van der Waals surface area contributed by atoms with Crippen LogP contribution in [-0.4, -0.2) is 12.5 Å². The Morgan fingerprint density at radius 2 is 1.94 bits per heavy atom. The predicted molar refractivity (Wildman–Crippen MR) is 65.9 cm³/mol. The van der Waals surface area contributed by atoms with Crippen molar-refractivity contribution >= 4 is 5.91 Å². The van der Waals surface area contributed by atoms with E-state index in [-0.39, 0.29) is 5.91 Å². The third-order valence-electron chi connectivity index (χ3n) is 2.49. The van der Waals surface area contributed by atoms with Crippen LogP contribution in [0.5, 0.6) is 0 Å². The Bertz CT molecular complexity index is 488. The van der Waals surface area contributed by atoms with Crippen LogP contribution in [0.25, 0.3) is 0 Å². The summed E-state index contributed by atoms with van der Waals surface area (Å²) in [6.07, 6.45) is 0.715. The second kappa shape index (κ2) is 5.34. The Balaban J connectivity index is 1.81. The maximum Gasteiger partial charge on any atom is 0.251 e. The van der Waals surface area contributed by atoms with Crippen LogP contribution < -0.4 is 5.32 Å². The van der Waals surface area contributed by atoms with E-state index < -0.39 is 0 Å². The lowest BCUT2D eigenvalue weighted by Gasteiger charge is -2.03. The lowest BCUT2D eigenvalue weighted by molar-refractivity contribution is 0.0953. The summed E-state index contributed by atoms with van der Waals surface area (Å²) in [7, 11) is 0. The molecule has 88 valence electrons.